The first-order valence-electron chi connectivity index (χ1n) is 6.03. The molecule has 1 aromatic carbocycles. The van der Waals surface area contributed by atoms with Crippen LogP contribution >= 0.6 is 12.2 Å². The second kappa shape index (κ2) is 5.32. The number of nitrogens with one attached hydrogen (secondary N) is 1. The fraction of sp³-hybridized carbons (Fsp3) is 0.357. The number of aromatic amines is 1. The number of hydrogen-bond acceptors (Lipinski definition) is 1. The first-order chi connectivity index (χ1) is 8.19. The van der Waals surface area contributed by atoms with Gasteiger partial charge in [-0.15, -0.1) is 0 Å². The number of H-pyrrole nitrogens is 1. The molecule has 2 rings (SSSR count). The average Bonchev–Trinajstić information content (AvgIpc) is 2.63. The van der Waals surface area contributed by atoms with E-state index in [9.17, 15) is 0 Å². The summed E-state index contributed by atoms with van der Waals surface area (Å²) in [6, 6.07) is 10.6. The normalized spacial score (nSPS) is 10.7. The van der Waals surface area contributed by atoms with Crippen LogP contribution in [-0.2, 0) is 13.0 Å². The predicted octanol–water partition coefficient (Wildman–Crippen LogP) is 3.85. The summed E-state index contributed by atoms with van der Waals surface area (Å²) in [7, 11) is 0. The van der Waals surface area contributed by atoms with E-state index < -0.39 is 0 Å². The minimum atomic E-state index is 0.822. The first kappa shape index (κ1) is 12.1. The van der Waals surface area contributed by atoms with E-state index >= 15 is 0 Å². The molecule has 0 fully saturated rings. The number of aryl methyl sites for hydroxylation is 2. The number of benzene rings is 1. The zero-order valence-electron chi connectivity index (χ0n) is 10.4. The molecule has 0 spiro atoms. The van der Waals surface area contributed by atoms with Crippen molar-refractivity contribution in [1.82, 2.24) is 9.78 Å². The van der Waals surface area contributed by atoms with Crippen molar-refractivity contribution in [1.29, 1.82) is 0 Å². The van der Waals surface area contributed by atoms with Crippen LogP contribution in [0.2, 0.25) is 0 Å². The highest BCUT2D eigenvalue weighted by molar-refractivity contribution is 7.71. The lowest BCUT2D eigenvalue weighted by molar-refractivity contribution is 0.660. The van der Waals surface area contributed by atoms with Gasteiger partial charge in [0.25, 0.3) is 0 Å². The van der Waals surface area contributed by atoms with Gasteiger partial charge in [0, 0.05) is 5.69 Å². The minimum absolute atomic E-state index is 0.822. The zero-order valence-corrected chi connectivity index (χ0v) is 11.2. The molecular formula is C14H18N2S. The van der Waals surface area contributed by atoms with Crippen LogP contribution in [0.15, 0.2) is 30.3 Å². The van der Waals surface area contributed by atoms with Gasteiger partial charge in [0.05, 0.1) is 6.54 Å². The van der Waals surface area contributed by atoms with Gasteiger partial charge < -0.3 is 5.10 Å². The first-order valence-corrected chi connectivity index (χ1v) is 6.44. The van der Waals surface area contributed by atoms with Gasteiger partial charge in [-0.1, -0.05) is 55.4 Å². The average molecular weight is 246 g/mol. The number of nitrogens with zero attached hydrogens (tertiary/aromatic N) is 1. The maximum absolute atomic E-state index is 5.34. The van der Waals surface area contributed by atoms with Crippen molar-refractivity contribution in [3.63, 3.8) is 0 Å². The van der Waals surface area contributed by atoms with E-state index in [2.05, 4.69) is 49.3 Å². The molecule has 0 aliphatic carbocycles. The molecule has 0 aliphatic heterocycles. The molecule has 0 atom stereocenters. The molecule has 1 N–H and O–H groups in total. The molecule has 0 aliphatic rings. The molecule has 0 radical (unpaired) electrons. The third kappa shape index (κ3) is 3.07. The maximum Gasteiger partial charge on any atom is 0.122 e. The third-order valence-electron chi connectivity index (χ3n) is 2.82. The van der Waals surface area contributed by atoms with Crippen molar-refractivity contribution in [2.45, 2.75) is 33.2 Å². The molecule has 1 aromatic heterocycles. The van der Waals surface area contributed by atoms with Crippen molar-refractivity contribution >= 4 is 12.2 Å². The van der Waals surface area contributed by atoms with E-state index in [-0.39, 0.29) is 0 Å². The Hall–Kier alpha value is -1.35. The Kier molecular flexibility index (Phi) is 3.79. The molecule has 3 heteroatoms. The molecule has 2 aromatic rings. The summed E-state index contributed by atoms with van der Waals surface area (Å²) in [5.41, 5.74) is 3.79. The SMILES string of the molecule is CCCc1cc(=S)n(Cc2ccc(C)cc2)[nH]1. The van der Waals surface area contributed by atoms with E-state index in [4.69, 9.17) is 12.2 Å². The molecule has 0 amide bonds. The molecule has 2 nitrogen and oxygen atoms in total. The van der Waals surface area contributed by atoms with E-state index in [1.807, 2.05) is 4.68 Å². The van der Waals surface area contributed by atoms with Gasteiger partial charge >= 0.3 is 0 Å². The van der Waals surface area contributed by atoms with Crippen LogP contribution in [-0.4, -0.2) is 9.78 Å². The summed E-state index contributed by atoms with van der Waals surface area (Å²) in [6.07, 6.45) is 2.20. The second-order valence-corrected chi connectivity index (χ2v) is 4.86. The third-order valence-corrected chi connectivity index (χ3v) is 3.16. The Bertz CT molecular complexity index is 534. The molecule has 0 bridgehead atoms. The van der Waals surface area contributed by atoms with Crippen LogP contribution in [0.5, 0.6) is 0 Å². The van der Waals surface area contributed by atoms with Crippen molar-refractivity contribution in [3.8, 4) is 0 Å². The largest absolute Gasteiger partial charge is 0.301 e. The molecule has 17 heavy (non-hydrogen) atoms. The van der Waals surface area contributed by atoms with Gasteiger partial charge in [0.2, 0.25) is 0 Å². The smallest absolute Gasteiger partial charge is 0.122 e. The van der Waals surface area contributed by atoms with Crippen molar-refractivity contribution in [2.24, 2.45) is 0 Å². The molecule has 0 saturated heterocycles. The van der Waals surface area contributed by atoms with Crippen LogP contribution < -0.4 is 0 Å². The number of hydrogen-bond donors (Lipinski definition) is 1. The Labute approximate surface area is 107 Å². The summed E-state index contributed by atoms with van der Waals surface area (Å²) in [5.74, 6) is 0. The molecular weight excluding hydrogens is 228 g/mol. The molecule has 0 saturated carbocycles. The lowest BCUT2D eigenvalue weighted by Crippen LogP contribution is -2.02. The summed E-state index contributed by atoms with van der Waals surface area (Å²) in [6.45, 7) is 5.10. The zero-order chi connectivity index (χ0) is 12.3. The van der Waals surface area contributed by atoms with Crippen LogP contribution in [0, 0.1) is 11.6 Å². The van der Waals surface area contributed by atoms with Crippen molar-refractivity contribution in [2.75, 3.05) is 0 Å². The van der Waals surface area contributed by atoms with Crippen LogP contribution in [0.25, 0.3) is 0 Å². The fourth-order valence-electron chi connectivity index (χ4n) is 1.88. The molecule has 0 unspecified atom stereocenters. The highest BCUT2D eigenvalue weighted by Crippen LogP contribution is 2.08. The van der Waals surface area contributed by atoms with E-state index in [0.717, 1.165) is 24.0 Å². The Morgan fingerprint density at radius 2 is 1.94 bits per heavy atom. The quantitative estimate of drug-likeness (QED) is 0.813. The van der Waals surface area contributed by atoms with Crippen LogP contribution in [0.3, 0.4) is 0 Å². The monoisotopic (exact) mass is 246 g/mol. The summed E-state index contributed by atoms with van der Waals surface area (Å²) >= 11 is 5.34. The topological polar surface area (TPSA) is 20.7 Å². The van der Waals surface area contributed by atoms with E-state index in [0.29, 0.717) is 0 Å². The van der Waals surface area contributed by atoms with Gasteiger partial charge in [-0.3, -0.25) is 4.68 Å². The van der Waals surface area contributed by atoms with E-state index in [1.165, 1.54) is 16.8 Å². The van der Waals surface area contributed by atoms with Crippen molar-refractivity contribution in [3.05, 3.63) is 51.8 Å². The van der Waals surface area contributed by atoms with Gasteiger partial charge in [-0.2, -0.15) is 0 Å². The minimum Gasteiger partial charge on any atom is -0.301 e. The van der Waals surface area contributed by atoms with Gasteiger partial charge in [-0.05, 0) is 25.0 Å². The highest BCUT2D eigenvalue weighted by atomic mass is 32.1. The molecule has 1 heterocycles. The lowest BCUT2D eigenvalue weighted by Gasteiger charge is -2.04. The highest BCUT2D eigenvalue weighted by Gasteiger charge is 2.00. The van der Waals surface area contributed by atoms with Crippen LogP contribution in [0.4, 0.5) is 0 Å². The maximum atomic E-state index is 5.34. The fourth-order valence-corrected chi connectivity index (χ4v) is 2.13. The standard InChI is InChI=1S/C14H18N2S/c1-3-4-13-9-14(17)16(15-13)10-12-7-5-11(2)6-8-12/h5-9,15H,3-4,10H2,1-2H3. The Balaban J connectivity index is 2.18. The molecule has 90 valence electrons. The number of aromatic nitrogens is 2. The van der Waals surface area contributed by atoms with Gasteiger partial charge in [0.1, 0.15) is 4.64 Å². The Morgan fingerprint density at radius 3 is 2.59 bits per heavy atom. The van der Waals surface area contributed by atoms with E-state index in [1.54, 1.807) is 0 Å². The van der Waals surface area contributed by atoms with Gasteiger partial charge in [-0.25, -0.2) is 0 Å². The predicted molar refractivity (Wildman–Crippen MR) is 73.9 cm³/mol. The second-order valence-electron chi connectivity index (χ2n) is 4.44. The Morgan fingerprint density at radius 1 is 1.24 bits per heavy atom. The summed E-state index contributed by atoms with van der Waals surface area (Å²) < 4.78 is 2.92. The van der Waals surface area contributed by atoms with Gasteiger partial charge in [0.15, 0.2) is 0 Å². The van der Waals surface area contributed by atoms with Crippen LogP contribution in [0.1, 0.15) is 30.2 Å². The lowest BCUT2D eigenvalue weighted by atomic mass is 10.1. The van der Waals surface area contributed by atoms with Crippen molar-refractivity contribution < 1.29 is 0 Å². The summed E-state index contributed by atoms with van der Waals surface area (Å²) in [4.78, 5) is 0. The number of rotatable bonds is 4. The summed E-state index contributed by atoms with van der Waals surface area (Å²) in [5, 5.41) is 3.36.